The first-order chi connectivity index (χ1) is 11.2. The van der Waals surface area contributed by atoms with Crippen LogP contribution < -0.4 is 0 Å². The zero-order chi connectivity index (χ0) is 15.8. The largest absolute Gasteiger partial charge is 0.391 e. The van der Waals surface area contributed by atoms with Crippen LogP contribution in [-0.4, -0.2) is 73.7 Å². The van der Waals surface area contributed by atoms with E-state index in [9.17, 15) is 9.90 Å². The number of aliphatic hydroxyl groups is 1. The number of piperazine rings is 1. The molecular formula is C16H21N5O2. The van der Waals surface area contributed by atoms with Gasteiger partial charge >= 0.3 is 0 Å². The Bertz CT molecular complexity index is 707. The molecule has 2 aromatic rings. The normalized spacial score (nSPS) is 26.0. The van der Waals surface area contributed by atoms with E-state index in [0.717, 1.165) is 38.0 Å². The number of fused-ring (bicyclic) bond motifs is 1. The van der Waals surface area contributed by atoms with E-state index in [0.29, 0.717) is 18.7 Å². The van der Waals surface area contributed by atoms with Crippen molar-refractivity contribution in [1.82, 2.24) is 24.4 Å². The van der Waals surface area contributed by atoms with Gasteiger partial charge in [-0.2, -0.15) is 0 Å². The Morgan fingerprint density at radius 3 is 2.74 bits per heavy atom. The fourth-order valence-electron chi connectivity index (χ4n) is 3.74. The second-order valence-corrected chi connectivity index (χ2v) is 6.41. The molecule has 1 saturated carbocycles. The van der Waals surface area contributed by atoms with Gasteiger partial charge in [0.2, 0.25) is 0 Å². The SMILES string of the molecule is O=C(c1ccc2nncn2c1)N1CCN(C2CCCC2O)CC1. The number of aliphatic hydroxyl groups excluding tert-OH is 1. The van der Waals surface area contributed by atoms with Crippen molar-refractivity contribution in [3.05, 3.63) is 30.2 Å². The predicted molar refractivity (Wildman–Crippen MR) is 84.1 cm³/mol. The van der Waals surface area contributed by atoms with Gasteiger partial charge in [0.25, 0.3) is 5.91 Å². The van der Waals surface area contributed by atoms with Crippen LogP contribution in [0.25, 0.3) is 5.65 Å². The van der Waals surface area contributed by atoms with Crippen molar-refractivity contribution < 1.29 is 9.90 Å². The summed E-state index contributed by atoms with van der Waals surface area (Å²) >= 11 is 0. The van der Waals surface area contributed by atoms with Crippen molar-refractivity contribution in [2.45, 2.75) is 31.4 Å². The van der Waals surface area contributed by atoms with Crippen LogP contribution >= 0.6 is 0 Å². The van der Waals surface area contributed by atoms with Gasteiger partial charge in [0.05, 0.1) is 11.7 Å². The Morgan fingerprint density at radius 2 is 2.00 bits per heavy atom. The molecule has 2 aromatic heterocycles. The van der Waals surface area contributed by atoms with Gasteiger partial charge in [0.15, 0.2) is 5.65 Å². The molecule has 0 aromatic carbocycles. The summed E-state index contributed by atoms with van der Waals surface area (Å²) in [6.45, 7) is 3.09. The number of carbonyl (C=O) groups excluding carboxylic acids is 1. The molecule has 0 radical (unpaired) electrons. The van der Waals surface area contributed by atoms with E-state index in [2.05, 4.69) is 15.1 Å². The molecule has 2 aliphatic rings. The number of hydrogen-bond donors (Lipinski definition) is 1. The molecule has 7 heteroatoms. The number of aromatic nitrogens is 3. The summed E-state index contributed by atoms with van der Waals surface area (Å²) in [7, 11) is 0. The lowest BCUT2D eigenvalue weighted by atomic mass is 10.1. The van der Waals surface area contributed by atoms with Gasteiger partial charge in [0, 0.05) is 38.4 Å². The minimum absolute atomic E-state index is 0.0484. The molecule has 0 spiro atoms. The van der Waals surface area contributed by atoms with Gasteiger partial charge in [-0.05, 0) is 31.4 Å². The number of nitrogens with zero attached hydrogens (tertiary/aromatic N) is 5. The Morgan fingerprint density at radius 1 is 1.17 bits per heavy atom. The van der Waals surface area contributed by atoms with Crippen molar-refractivity contribution >= 4 is 11.6 Å². The van der Waals surface area contributed by atoms with Crippen molar-refractivity contribution in [3.63, 3.8) is 0 Å². The predicted octanol–water partition coefficient (Wildman–Crippen LogP) is 0.401. The lowest BCUT2D eigenvalue weighted by Gasteiger charge is -2.39. The third-order valence-corrected chi connectivity index (χ3v) is 5.05. The van der Waals surface area contributed by atoms with E-state index in [4.69, 9.17) is 0 Å². The highest BCUT2D eigenvalue weighted by atomic mass is 16.3. The Hall–Kier alpha value is -1.99. The zero-order valence-electron chi connectivity index (χ0n) is 13.0. The molecule has 7 nitrogen and oxygen atoms in total. The van der Waals surface area contributed by atoms with Crippen molar-refractivity contribution in [2.75, 3.05) is 26.2 Å². The molecule has 0 bridgehead atoms. The lowest BCUT2D eigenvalue weighted by molar-refractivity contribution is 0.0315. The van der Waals surface area contributed by atoms with Gasteiger partial charge in [-0.25, -0.2) is 0 Å². The molecule has 122 valence electrons. The van der Waals surface area contributed by atoms with Crippen molar-refractivity contribution in [3.8, 4) is 0 Å². The molecule has 1 aliphatic heterocycles. The number of rotatable bonds is 2. The Balaban J connectivity index is 1.42. The maximum atomic E-state index is 12.7. The Labute approximate surface area is 134 Å². The van der Waals surface area contributed by atoms with Gasteiger partial charge in [0.1, 0.15) is 6.33 Å². The van der Waals surface area contributed by atoms with Crippen LogP contribution in [0, 0.1) is 0 Å². The van der Waals surface area contributed by atoms with E-state index in [-0.39, 0.29) is 18.1 Å². The molecule has 1 amide bonds. The topological polar surface area (TPSA) is 74.0 Å². The number of amides is 1. The molecule has 2 unspecified atom stereocenters. The van der Waals surface area contributed by atoms with E-state index in [1.54, 1.807) is 23.0 Å². The highest BCUT2D eigenvalue weighted by Crippen LogP contribution is 2.25. The van der Waals surface area contributed by atoms with E-state index < -0.39 is 0 Å². The first-order valence-electron chi connectivity index (χ1n) is 8.23. The second kappa shape index (κ2) is 5.90. The molecule has 2 fully saturated rings. The highest BCUT2D eigenvalue weighted by molar-refractivity contribution is 5.94. The quantitative estimate of drug-likeness (QED) is 0.868. The molecule has 1 N–H and O–H groups in total. The first-order valence-corrected chi connectivity index (χ1v) is 8.23. The maximum Gasteiger partial charge on any atom is 0.255 e. The average molecular weight is 315 g/mol. The molecule has 1 saturated heterocycles. The smallest absolute Gasteiger partial charge is 0.255 e. The second-order valence-electron chi connectivity index (χ2n) is 6.41. The van der Waals surface area contributed by atoms with Crippen molar-refractivity contribution in [1.29, 1.82) is 0 Å². The first kappa shape index (κ1) is 14.6. The van der Waals surface area contributed by atoms with Crippen LogP contribution in [0.4, 0.5) is 0 Å². The van der Waals surface area contributed by atoms with Crippen molar-refractivity contribution in [2.24, 2.45) is 0 Å². The maximum absolute atomic E-state index is 12.7. The summed E-state index contributed by atoms with van der Waals surface area (Å²) in [5.74, 6) is 0.0484. The molecule has 4 rings (SSSR count). The molecular weight excluding hydrogens is 294 g/mol. The third-order valence-electron chi connectivity index (χ3n) is 5.05. The standard InChI is InChI=1S/C16H21N5O2/c22-14-3-1-2-13(14)19-6-8-20(9-7-19)16(23)12-4-5-15-18-17-11-21(15)10-12/h4-5,10-11,13-14,22H,1-3,6-9H2. The summed E-state index contributed by atoms with van der Waals surface area (Å²) in [5.41, 5.74) is 1.40. The molecule has 1 aliphatic carbocycles. The summed E-state index contributed by atoms with van der Waals surface area (Å²) in [4.78, 5) is 16.9. The summed E-state index contributed by atoms with van der Waals surface area (Å²) < 4.78 is 1.76. The Kier molecular flexibility index (Phi) is 3.74. The minimum Gasteiger partial charge on any atom is -0.391 e. The fraction of sp³-hybridized carbons (Fsp3) is 0.562. The summed E-state index contributed by atoms with van der Waals surface area (Å²) in [6.07, 6.45) is 6.26. The lowest BCUT2D eigenvalue weighted by Crippen LogP contribution is -2.53. The molecule has 23 heavy (non-hydrogen) atoms. The van der Waals surface area contributed by atoms with Crippen LogP contribution in [-0.2, 0) is 0 Å². The van der Waals surface area contributed by atoms with E-state index in [1.807, 2.05) is 11.0 Å². The molecule has 3 heterocycles. The fourth-order valence-corrected chi connectivity index (χ4v) is 3.74. The van der Waals surface area contributed by atoms with Gasteiger partial charge in [-0.3, -0.25) is 14.1 Å². The average Bonchev–Trinajstić information content (AvgIpc) is 3.22. The number of hydrogen-bond acceptors (Lipinski definition) is 5. The van der Waals surface area contributed by atoms with Crippen LogP contribution in [0.2, 0.25) is 0 Å². The van der Waals surface area contributed by atoms with E-state index in [1.165, 1.54) is 0 Å². The van der Waals surface area contributed by atoms with Crippen LogP contribution in [0.5, 0.6) is 0 Å². The van der Waals surface area contributed by atoms with Gasteiger partial charge in [-0.1, -0.05) is 0 Å². The van der Waals surface area contributed by atoms with Gasteiger partial charge in [-0.15, -0.1) is 10.2 Å². The van der Waals surface area contributed by atoms with Crippen LogP contribution in [0.15, 0.2) is 24.7 Å². The molecule has 2 atom stereocenters. The highest BCUT2D eigenvalue weighted by Gasteiger charge is 2.33. The van der Waals surface area contributed by atoms with E-state index >= 15 is 0 Å². The number of pyridine rings is 1. The van der Waals surface area contributed by atoms with Crippen LogP contribution in [0.3, 0.4) is 0 Å². The minimum atomic E-state index is -0.201. The third kappa shape index (κ3) is 2.70. The number of carbonyl (C=O) groups is 1. The van der Waals surface area contributed by atoms with Crippen LogP contribution in [0.1, 0.15) is 29.6 Å². The van der Waals surface area contributed by atoms with Gasteiger partial charge < -0.3 is 10.0 Å². The monoisotopic (exact) mass is 315 g/mol. The summed E-state index contributed by atoms with van der Waals surface area (Å²) in [5, 5.41) is 17.8. The summed E-state index contributed by atoms with van der Waals surface area (Å²) in [6, 6.07) is 3.89. The zero-order valence-corrected chi connectivity index (χ0v) is 13.0.